The summed E-state index contributed by atoms with van der Waals surface area (Å²) in [6.07, 6.45) is 1.52. The van der Waals surface area contributed by atoms with E-state index in [0.29, 0.717) is 16.9 Å². The number of amides is 1. The Bertz CT molecular complexity index is 681. The lowest BCUT2D eigenvalue weighted by molar-refractivity contribution is -0.115. The van der Waals surface area contributed by atoms with Crippen LogP contribution in [0, 0.1) is 6.92 Å². The van der Waals surface area contributed by atoms with Gasteiger partial charge in [0.1, 0.15) is 0 Å². The fourth-order valence-corrected chi connectivity index (χ4v) is 1.96. The number of nitrogen functional groups attached to an aromatic ring is 1. The standard InChI is InChI=1S/C15H15N3O3/c1-9-3-2-4-12(14(9)15(20)21)18-13(19)7-11-6-5-10(16)8-17-11/h2-6,8H,7,16H2,1H3,(H,18,19)(H,20,21). The van der Waals surface area contributed by atoms with Crippen molar-refractivity contribution in [3.05, 3.63) is 53.3 Å². The molecule has 0 aliphatic carbocycles. The number of carboxylic acid groups (broad SMARTS) is 1. The monoisotopic (exact) mass is 285 g/mol. The highest BCUT2D eigenvalue weighted by molar-refractivity contribution is 6.01. The molecule has 6 nitrogen and oxygen atoms in total. The van der Waals surface area contributed by atoms with E-state index in [0.717, 1.165) is 0 Å². The number of rotatable bonds is 4. The highest BCUT2D eigenvalue weighted by atomic mass is 16.4. The van der Waals surface area contributed by atoms with Gasteiger partial charge in [-0.05, 0) is 30.7 Å². The first kappa shape index (κ1) is 14.5. The van der Waals surface area contributed by atoms with Crippen molar-refractivity contribution in [3.8, 4) is 0 Å². The topological polar surface area (TPSA) is 105 Å². The molecular weight excluding hydrogens is 270 g/mol. The van der Waals surface area contributed by atoms with Crippen molar-refractivity contribution in [2.75, 3.05) is 11.1 Å². The molecule has 0 spiro atoms. The first-order valence-corrected chi connectivity index (χ1v) is 6.30. The molecule has 2 aromatic rings. The fourth-order valence-electron chi connectivity index (χ4n) is 1.96. The largest absolute Gasteiger partial charge is 0.478 e. The third-order valence-electron chi connectivity index (χ3n) is 2.95. The average Bonchev–Trinajstić information content (AvgIpc) is 2.41. The van der Waals surface area contributed by atoms with Gasteiger partial charge in [-0.3, -0.25) is 9.78 Å². The van der Waals surface area contributed by atoms with E-state index in [9.17, 15) is 14.7 Å². The summed E-state index contributed by atoms with van der Waals surface area (Å²) in [7, 11) is 0. The van der Waals surface area contributed by atoms with Gasteiger partial charge in [-0.1, -0.05) is 12.1 Å². The van der Waals surface area contributed by atoms with Gasteiger partial charge in [-0.15, -0.1) is 0 Å². The molecule has 1 amide bonds. The lowest BCUT2D eigenvalue weighted by Gasteiger charge is -2.10. The van der Waals surface area contributed by atoms with Crippen LogP contribution in [0.15, 0.2) is 36.5 Å². The SMILES string of the molecule is Cc1cccc(NC(=O)Cc2ccc(N)cn2)c1C(=O)O. The summed E-state index contributed by atoms with van der Waals surface area (Å²) in [4.78, 5) is 27.3. The van der Waals surface area contributed by atoms with E-state index in [4.69, 9.17) is 5.73 Å². The van der Waals surface area contributed by atoms with Crippen molar-refractivity contribution < 1.29 is 14.7 Å². The third-order valence-corrected chi connectivity index (χ3v) is 2.95. The molecule has 0 fully saturated rings. The number of hydrogen-bond acceptors (Lipinski definition) is 4. The van der Waals surface area contributed by atoms with Crippen LogP contribution in [-0.2, 0) is 11.2 Å². The maximum Gasteiger partial charge on any atom is 0.338 e. The zero-order chi connectivity index (χ0) is 15.4. The summed E-state index contributed by atoms with van der Waals surface area (Å²) in [5, 5.41) is 11.8. The average molecular weight is 285 g/mol. The number of aromatic nitrogens is 1. The Morgan fingerprint density at radius 1 is 1.29 bits per heavy atom. The first-order valence-electron chi connectivity index (χ1n) is 6.30. The van der Waals surface area contributed by atoms with Crippen LogP contribution in [0.5, 0.6) is 0 Å². The number of aryl methyl sites for hydroxylation is 1. The van der Waals surface area contributed by atoms with E-state index < -0.39 is 5.97 Å². The smallest absolute Gasteiger partial charge is 0.338 e. The molecule has 2 rings (SSSR count). The third kappa shape index (κ3) is 3.56. The number of hydrogen-bond donors (Lipinski definition) is 3. The fraction of sp³-hybridized carbons (Fsp3) is 0.133. The quantitative estimate of drug-likeness (QED) is 0.795. The normalized spacial score (nSPS) is 10.1. The van der Waals surface area contributed by atoms with Crippen LogP contribution in [0.4, 0.5) is 11.4 Å². The minimum Gasteiger partial charge on any atom is -0.478 e. The molecule has 0 saturated heterocycles. The Labute approximate surface area is 121 Å². The Kier molecular flexibility index (Phi) is 4.18. The van der Waals surface area contributed by atoms with E-state index >= 15 is 0 Å². The predicted octanol–water partition coefficient (Wildman–Crippen LogP) is 1.85. The molecule has 6 heteroatoms. The molecular formula is C15H15N3O3. The summed E-state index contributed by atoms with van der Waals surface area (Å²) in [5.74, 6) is -1.41. The first-order chi connectivity index (χ1) is 9.97. The maximum atomic E-state index is 12.0. The number of anilines is 2. The Hall–Kier alpha value is -2.89. The van der Waals surface area contributed by atoms with E-state index in [2.05, 4.69) is 10.3 Å². The zero-order valence-electron chi connectivity index (χ0n) is 11.5. The molecule has 0 aliphatic rings. The van der Waals surface area contributed by atoms with Crippen molar-refractivity contribution >= 4 is 23.3 Å². The summed E-state index contributed by atoms with van der Waals surface area (Å²) in [6, 6.07) is 8.25. The summed E-state index contributed by atoms with van der Waals surface area (Å²) >= 11 is 0. The lowest BCUT2D eigenvalue weighted by Crippen LogP contribution is -2.18. The predicted molar refractivity (Wildman–Crippen MR) is 79.1 cm³/mol. The maximum absolute atomic E-state index is 12.0. The Balaban J connectivity index is 2.15. The van der Waals surface area contributed by atoms with E-state index in [1.54, 1.807) is 37.3 Å². The number of benzene rings is 1. The van der Waals surface area contributed by atoms with Crippen LogP contribution in [0.1, 0.15) is 21.6 Å². The summed E-state index contributed by atoms with van der Waals surface area (Å²) in [6.45, 7) is 1.68. The van der Waals surface area contributed by atoms with E-state index in [1.165, 1.54) is 6.20 Å². The molecule has 0 aliphatic heterocycles. The van der Waals surface area contributed by atoms with Gasteiger partial charge in [-0.2, -0.15) is 0 Å². The molecule has 0 unspecified atom stereocenters. The van der Waals surface area contributed by atoms with Crippen molar-refractivity contribution in [3.63, 3.8) is 0 Å². The second-order valence-corrected chi connectivity index (χ2v) is 4.61. The number of carbonyl (C=O) groups is 2. The van der Waals surface area contributed by atoms with Crippen molar-refractivity contribution in [2.24, 2.45) is 0 Å². The van der Waals surface area contributed by atoms with E-state index in [1.807, 2.05) is 0 Å². The van der Waals surface area contributed by atoms with Crippen LogP contribution in [0.25, 0.3) is 0 Å². The summed E-state index contributed by atoms with van der Waals surface area (Å²) in [5.41, 5.74) is 7.57. The summed E-state index contributed by atoms with van der Waals surface area (Å²) < 4.78 is 0. The number of aromatic carboxylic acids is 1. The second kappa shape index (κ2) is 6.04. The molecule has 4 N–H and O–H groups in total. The molecule has 1 aromatic heterocycles. The van der Waals surface area contributed by atoms with Crippen LogP contribution in [-0.4, -0.2) is 22.0 Å². The van der Waals surface area contributed by atoms with Gasteiger partial charge in [0.05, 0.1) is 29.6 Å². The van der Waals surface area contributed by atoms with E-state index in [-0.39, 0.29) is 23.6 Å². The number of carboxylic acids is 1. The van der Waals surface area contributed by atoms with Crippen molar-refractivity contribution in [1.82, 2.24) is 4.98 Å². The van der Waals surface area contributed by atoms with Gasteiger partial charge < -0.3 is 16.2 Å². The molecule has 0 bridgehead atoms. The van der Waals surface area contributed by atoms with Gasteiger partial charge >= 0.3 is 5.97 Å². The van der Waals surface area contributed by atoms with Crippen molar-refractivity contribution in [1.29, 1.82) is 0 Å². The molecule has 21 heavy (non-hydrogen) atoms. The highest BCUT2D eigenvalue weighted by Crippen LogP contribution is 2.19. The van der Waals surface area contributed by atoms with Gasteiger partial charge in [0.15, 0.2) is 0 Å². The molecule has 0 saturated carbocycles. The van der Waals surface area contributed by atoms with Gasteiger partial charge in [0.25, 0.3) is 0 Å². The van der Waals surface area contributed by atoms with Crippen LogP contribution >= 0.6 is 0 Å². The lowest BCUT2D eigenvalue weighted by atomic mass is 10.1. The number of nitrogens with zero attached hydrogens (tertiary/aromatic N) is 1. The minimum absolute atomic E-state index is 0.0489. The van der Waals surface area contributed by atoms with Crippen LogP contribution in [0.3, 0.4) is 0 Å². The Morgan fingerprint density at radius 3 is 2.67 bits per heavy atom. The van der Waals surface area contributed by atoms with Gasteiger partial charge in [-0.25, -0.2) is 4.79 Å². The second-order valence-electron chi connectivity index (χ2n) is 4.61. The highest BCUT2D eigenvalue weighted by Gasteiger charge is 2.15. The minimum atomic E-state index is -1.07. The molecule has 108 valence electrons. The number of nitrogens with one attached hydrogen (secondary N) is 1. The van der Waals surface area contributed by atoms with Crippen LogP contribution < -0.4 is 11.1 Å². The Morgan fingerprint density at radius 2 is 2.05 bits per heavy atom. The number of nitrogens with two attached hydrogens (primary N) is 1. The zero-order valence-corrected chi connectivity index (χ0v) is 11.5. The number of pyridine rings is 1. The van der Waals surface area contributed by atoms with Crippen molar-refractivity contribution in [2.45, 2.75) is 13.3 Å². The molecule has 1 aromatic carbocycles. The molecule has 0 atom stereocenters. The van der Waals surface area contributed by atoms with Crippen LogP contribution in [0.2, 0.25) is 0 Å². The van der Waals surface area contributed by atoms with Gasteiger partial charge in [0.2, 0.25) is 5.91 Å². The molecule has 1 heterocycles. The molecule has 0 radical (unpaired) electrons. The number of carbonyl (C=O) groups excluding carboxylic acids is 1. The van der Waals surface area contributed by atoms with Gasteiger partial charge in [0, 0.05) is 5.69 Å².